The smallest absolute Gasteiger partial charge is 0.253 e. The van der Waals surface area contributed by atoms with Crippen molar-refractivity contribution in [1.82, 2.24) is 9.80 Å². The van der Waals surface area contributed by atoms with Crippen molar-refractivity contribution in [2.45, 2.75) is 18.2 Å². The number of thioether (sulfide) groups is 1. The summed E-state index contributed by atoms with van der Waals surface area (Å²) in [5.41, 5.74) is 2.76. The van der Waals surface area contributed by atoms with Crippen molar-refractivity contribution in [2.75, 3.05) is 44.3 Å². The molecular weight excluding hydrogens is 370 g/mol. The lowest BCUT2D eigenvalue weighted by molar-refractivity contribution is -0.116. The molecule has 148 valence electrons. The van der Waals surface area contributed by atoms with Crippen molar-refractivity contribution in [3.8, 4) is 0 Å². The first-order chi connectivity index (χ1) is 13.6. The van der Waals surface area contributed by atoms with E-state index in [4.69, 9.17) is 0 Å². The lowest BCUT2D eigenvalue weighted by Gasteiger charge is -2.34. The maximum Gasteiger partial charge on any atom is 0.253 e. The van der Waals surface area contributed by atoms with Crippen LogP contribution < -0.4 is 5.32 Å². The molecule has 1 aliphatic heterocycles. The first-order valence-electron chi connectivity index (χ1n) is 9.58. The second kappa shape index (κ2) is 9.75. The molecule has 2 aromatic carbocycles. The Morgan fingerprint density at radius 3 is 2.36 bits per heavy atom. The molecule has 0 bridgehead atoms. The number of amides is 2. The van der Waals surface area contributed by atoms with E-state index < -0.39 is 0 Å². The summed E-state index contributed by atoms with van der Waals surface area (Å²) in [6, 6.07) is 15.6. The lowest BCUT2D eigenvalue weighted by Crippen LogP contribution is -2.49. The highest BCUT2D eigenvalue weighted by molar-refractivity contribution is 7.98. The number of anilines is 1. The van der Waals surface area contributed by atoms with Crippen LogP contribution in [-0.4, -0.2) is 60.6 Å². The molecule has 1 heterocycles. The van der Waals surface area contributed by atoms with Crippen LogP contribution in [0, 0.1) is 6.92 Å². The molecule has 5 nitrogen and oxygen atoms in total. The van der Waals surface area contributed by atoms with Crippen molar-refractivity contribution in [2.24, 2.45) is 0 Å². The second-order valence-corrected chi connectivity index (χ2v) is 7.85. The van der Waals surface area contributed by atoms with Crippen LogP contribution in [0.2, 0.25) is 0 Å². The fourth-order valence-electron chi connectivity index (χ4n) is 3.27. The summed E-state index contributed by atoms with van der Waals surface area (Å²) in [7, 11) is 0. The molecule has 0 aromatic heterocycles. The predicted octanol–water partition coefficient (Wildman–Crippen LogP) is 3.50. The maximum atomic E-state index is 12.6. The van der Waals surface area contributed by atoms with Gasteiger partial charge in [-0.2, -0.15) is 0 Å². The van der Waals surface area contributed by atoms with Gasteiger partial charge in [-0.25, -0.2) is 0 Å². The normalized spacial score (nSPS) is 14.7. The maximum absolute atomic E-state index is 12.6. The van der Waals surface area contributed by atoms with Gasteiger partial charge in [0.1, 0.15) is 0 Å². The average molecular weight is 398 g/mol. The van der Waals surface area contributed by atoms with E-state index >= 15 is 0 Å². The molecule has 2 amide bonds. The minimum Gasteiger partial charge on any atom is -0.336 e. The molecule has 0 radical (unpaired) electrons. The summed E-state index contributed by atoms with van der Waals surface area (Å²) in [5, 5.41) is 3.00. The molecule has 28 heavy (non-hydrogen) atoms. The molecule has 3 rings (SSSR count). The Hall–Kier alpha value is -2.31. The van der Waals surface area contributed by atoms with Crippen molar-refractivity contribution >= 4 is 29.3 Å². The van der Waals surface area contributed by atoms with Crippen LogP contribution in [0.15, 0.2) is 53.4 Å². The molecule has 0 aliphatic carbocycles. The van der Waals surface area contributed by atoms with E-state index in [2.05, 4.69) is 10.2 Å². The van der Waals surface area contributed by atoms with Crippen molar-refractivity contribution < 1.29 is 9.59 Å². The molecule has 1 saturated heterocycles. The van der Waals surface area contributed by atoms with Gasteiger partial charge >= 0.3 is 0 Å². The van der Waals surface area contributed by atoms with Gasteiger partial charge in [0.25, 0.3) is 5.91 Å². The Morgan fingerprint density at radius 1 is 1.00 bits per heavy atom. The predicted molar refractivity (Wildman–Crippen MR) is 115 cm³/mol. The lowest BCUT2D eigenvalue weighted by atomic mass is 10.1. The highest BCUT2D eigenvalue weighted by Crippen LogP contribution is 2.24. The van der Waals surface area contributed by atoms with Crippen LogP contribution in [0.25, 0.3) is 0 Å². The minimum atomic E-state index is 0.0275. The Morgan fingerprint density at radius 2 is 1.68 bits per heavy atom. The van der Waals surface area contributed by atoms with Gasteiger partial charge in [0.05, 0.1) is 5.69 Å². The molecule has 1 aliphatic rings. The van der Waals surface area contributed by atoms with Crippen LogP contribution in [0.3, 0.4) is 0 Å². The largest absolute Gasteiger partial charge is 0.336 e. The van der Waals surface area contributed by atoms with Crippen LogP contribution in [0.1, 0.15) is 22.3 Å². The number of hydrogen-bond acceptors (Lipinski definition) is 4. The number of hydrogen-bond donors (Lipinski definition) is 1. The van der Waals surface area contributed by atoms with Crippen molar-refractivity contribution in [3.63, 3.8) is 0 Å². The first-order valence-corrected chi connectivity index (χ1v) is 10.8. The SMILES string of the molecule is CSc1ccccc1NC(=O)CCN1CCN(C(=O)c2ccc(C)cc2)CC1. The molecule has 0 unspecified atom stereocenters. The zero-order valence-electron chi connectivity index (χ0n) is 16.5. The fraction of sp³-hybridized carbons (Fsp3) is 0.364. The fourth-order valence-corrected chi connectivity index (χ4v) is 3.83. The number of carbonyl (C=O) groups excluding carboxylic acids is 2. The van der Waals surface area contributed by atoms with E-state index in [0.29, 0.717) is 26.1 Å². The molecule has 6 heteroatoms. The van der Waals surface area contributed by atoms with Crippen LogP contribution in [0.4, 0.5) is 5.69 Å². The minimum absolute atomic E-state index is 0.0275. The Balaban J connectivity index is 1.43. The monoisotopic (exact) mass is 397 g/mol. The summed E-state index contributed by atoms with van der Waals surface area (Å²) in [5.74, 6) is 0.116. The third-order valence-corrected chi connectivity index (χ3v) is 5.79. The highest BCUT2D eigenvalue weighted by atomic mass is 32.2. The summed E-state index contributed by atoms with van der Waals surface area (Å²) >= 11 is 1.62. The van der Waals surface area contributed by atoms with E-state index in [0.717, 1.165) is 34.8 Å². The summed E-state index contributed by atoms with van der Waals surface area (Å²) in [6.45, 7) is 5.72. The van der Waals surface area contributed by atoms with Crippen LogP contribution in [-0.2, 0) is 4.79 Å². The van der Waals surface area contributed by atoms with Gasteiger partial charge in [-0.3, -0.25) is 14.5 Å². The Labute approximate surface area is 171 Å². The number of piperazine rings is 1. The molecule has 0 saturated carbocycles. The van der Waals surface area contributed by atoms with E-state index in [-0.39, 0.29) is 11.8 Å². The van der Waals surface area contributed by atoms with Gasteiger partial charge in [-0.1, -0.05) is 29.8 Å². The van der Waals surface area contributed by atoms with Gasteiger partial charge in [0.15, 0.2) is 0 Å². The van der Waals surface area contributed by atoms with Crippen LogP contribution in [0.5, 0.6) is 0 Å². The third-order valence-electron chi connectivity index (χ3n) is 4.99. The topological polar surface area (TPSA) is 52.7 Å². The van der Waals surface area contributed by atoms with E-state index in [1.165, 1.54) is 0 Å². The van der Waals surface area contributed by atoms with Gasteiger partial charge in [0.2, 0.25) is 5.91 Å². The van der Waals surface area contributed by atoms with Gasteiger partial charge in [-0.05, 0) is 37.4 Å². The van der Waals surface area contributed by atoms with E-state index in [9.17, 15) is 9.59 Å². The molecular formula is C22H27N3O2S. The molecule has 1 fully saturated rings. The summed E-state index contributed by atoms with van der Waals surface area (Å²) < 4.78 is 0. The van der Waals surface area contributed by atoms with Gasteiger partial charge in [-0.15, -0.1) is 11.8 Å². The summed E-state index contributed by atoms with van der Waals surface area (Å²) in [6.07, 6.45) is 2.46. The number of aryl methyl sites for hydroxylation is 1. The number of nitrogens with zero attached hydrogens (tertiary/aromatic N) is 2. The average Bonchev–Trinajstić information content (AvgIpc) is 2.73. The number of rotatable bonds is 6. The molecule has 0 spiro atoms. The van der Waals surface area contributed by atoms with Crippen molar-refractivity contribution in [1.29, 1.82) is 0 Å². The number of para-hydroxylation sites is 1. The van der Waals surface area contributed by atoms with Gasteiger partial charge < -0.3 is 10.2 Å². The highest BCUT2D eigenvalue weighted by Gasteiger charge is 2.22. The molecule has 2 aromatic rings. The van der Waals surface area contributed by atoms with E-state index in [1.54, 1.807) is 11.8 Å². The quantitative estimate of drug-likeness (QED) is 0.758. The van der Waals surface area contributed by atoms with Crippen molar-refractivity contribution in [3.05, 3.63) is 59.7 Å². The zero-order valence-corrected chi connectivity index (χ0v) is 17.3. The standard InChI is InChI=1S/C22H27N3O2S/c1-17-7-9-18(10-8-17)22(27)25-15-13-24(14-16-25)12-11-21(26)23-19-5-3-4-6-20(19)28-2/h3-10H,11-16H2,1-2H3,(H,23,26). The molecule has 0 atom stereocenters. The number of benzene rings is 2. The van der Waals surface area contributed by atoms with Gasteiger partial charge in [0, 0.05) is 49.6 Å². The number of carbonyl (C=O) groups is 2. The molecule has 1 N–H and O–H groups in total. The van der Waals surface area contributed by atoms with E-state index in [1.807, 2.05) is 66.6 Å². The first kappa shape index (κ1) is 20.4. The number of nitrogens with one attached hydrogen (secondary N) is 1. The van der Waals surface area contributed by atoms with Crippen LogP contribution >= 0.6 is 11.8 Å². The second-order valence-electron chi connectivity index (χ2n) is 7.00. The zero-order chi connectivity index (χ0) is 19.9. The third kappa shape index (κ3) is 5.36. The Kier molecular flexibility index (Phi) is 7.12. The Bertz CT molecular complexity index is 815. The summed E-state index contributed by atoms with van der Waals surface area (Å²) in [4.78, 5) is 30.1.